The first-order valence-electron chi connectivity index (χ1n) is 14.4. The van der Waals surface area contributed by atoms with E-state index in [0.717, 1.165) is 18.2 Å². The Kier molecular flexibility index (Phi) is 20.4. The van der Waals surface area contributed by atoms with Gasteiger partial charge in [-0.2, -0.15) is 0 Å². The molecule has 1 aliphatic heterocycles. The molecular formula is C30H43NO14. The first kappa shape index (κ1) is 39.1. The maximum atomic E-state index is 12.2. The van der Waals surface area contributed by atoms with Crippen molar-refractivity contribution in [3.05, 3.63) is 38.0 Å². The molecule has 0 bridgehead atoms. The molecule has 2 amide bonds. The Morgan fingerprint density at radius 2 is 0.956 bits per heavy atom. The van der Waals surface area contributed by atoms with Crippen LogP contribution in [0.5, 0.6) is 0 Å². The van der Waals surface area contributed by atoms with E-state index in [9.17, 15) is 28.8 Å². The Morgan fingerprint density at radius 3 is 1.31 bits per heavy atom. The quantitative estimate of drug-likeness (QED) is 0.0413. The van der Waals surface area contributed by atoms with Gasteiger partial charge in [0.05, 0.1) is 64.7 Å². The third-order valence-electron chi connectivity index (χ3n) is 5.81. The standard InChI is InChI=1S/C30H43NO14/c1-4-26(34)42-16-7-13-38-20-30(21-39-14-8-17-43-27(35)5-2,22-40-15-9-18-44-28(36)6-3)23-41-19-12-29(37)45-31-24(32)10-11-25(31)33/h4-6H,1-3,7-23H2. The van der Waals surface area contributed by atoms with Crippen molar-refractivity contribution in [1.29, 1.82) is 0 Å². The van der Waals surface area contributed by atoms with Gasteiger partial charge in [0.15, 0.2) is 0 Å². The summed E-state index contributed by atoms with van der Waals surface area (Å²) in [6, 6.07) is 0. The molecule has 0 radical (unpaired) electrons. The summed E-state index contributed by atoms with van der Waals surface area (Å²) < 4.78 is 38.2. The minimum atomic E-state index is -0.891. The molecule has 252 valence electrons. The molecule has 0 N–H and O–H groups in total. The average Bonchev–Trinajstić information content (AvgIpc) is 3.35. The zero-order chi connectivity index (χ0) is 33.3. The van der Waals surface area contributed by atoms with E-state index >= 15 is 0 Å². The summed E-state index contributed by atoms with van der Waals surface area (Å²) in [7, 11) is 0. The molecule has 1 aliphatic rings. The largest absolute Gasteiger partial charge is 0.462 e. The molecule has 0 atom stereocenters. The molecular weight excluding hydrogens is 598 g/mol. The van der Waals surface area contributed by atoms with Crippen LogP contribution in [0.3, 0.4) is 0 Å². The number of imide groups is 1. The van der Waals surface area contributed by atoms with Crippen LogP contribution in [0.2, 0.25) is 0 Å². The highest BCUT2D eigenvalue weighted by Crippen LogP contribution is 2.22. The summed E-state index contributed by atoms with van der Waals surface area (Å²) in [5.41, 5.74) is -0.891. The van der Waals surface area contributed by atoms with Gasteiger partial charge < -0.3 is 38.0 Å². The smallest absolute Gasteiger partial charge is 0.335 e. The van der Waals surface area contributed by atoms with Crippen LogP contribution in [0.15, 0.2) is 38.0 Å². The molecule has 0 unspecified atom stereocenters. The summed E-state index contributed by atoms with van der Waals surface area (Å²) in [5, 5.41) is 0.465. The topological polar surface area (TPSA) is 180 Å². The highest BCUT2D eigenvalue weighted by molar-refractivity contribution is 6.01. The number of ether oxygens (including phenoxy) is 7. The highest BCUT2D eigenvalue weighted by atomic mass is 16.7. The third kappa shape index (κ3) is 17.8. The van der Waals surface area contributed by atoms with Gasteiger partial charge in [-0.15, -0.1) is 5.06 Å². The molecule has 0 aromatic carbocycles. The fourth-order valence-corrected chi connectivity index (χ4v) is 3.54. The zero-order valence-corrected chi connectivity index (χ0v) is 25.5. The van der Waals surface area contributed by atoms with Crippen molar-refractivity contribution in [1.82, 2.24) is 5.06 Å². The van der Waals surface area contributed by atoms with Gasteiger partial charge in [0.1, 0.15) is 0 Å². The van der Waals surface area contributed by atoms with Crippen molar-refractivity contribution >= 4 is 35.7 Å². The Balaban J connectivity index is 2.78. The average molecular weight is 642 g/mol. The Morgan fingerprint density at radius 1 is 0.600 bits per heavy atom. The SMILES string of the molecule is C=CC(=O)OCCCOCC(COCCCOC(=O)C=C)(COCCCOC(=O)C=C)COCCC(=O)ON1C(=O)CCC1=O. The molecule has 0 aromatic heterocycles. The number of hydrogen-bond donors (Lipinski definition) is 0. The molecule has 1 rings (SSSR count). The van der Waals surface area contributed by atoms with Crippen molar-refractivity contribution in [2.45, 2.75) is 38.5 Å². The monoisotopic (exact) mass is 641 g/mol. The number of hydroxylamine groups is 2. The number of esters is 3. The normalized spacial score (nSPS) is 12.8. The maximum Gasteiger partial charge on any atom is 0.335 e. The molecule has 45 heavy (non-hydrogen) atoms. The van der Waals surface area contributed by atoms with Crippen LogP contribution in [0.25, 0.3) is 0 Å². The second-order valence-electron chi connectivity index (χ2n) is 9.68. The molecule has 1 saturated heterocycles. The van der Waals surface area contributed by atoms with Crippen molar-refractivity contribution < 1.29 is 66.8 Å². The number of rotatable bonds is 27. The number of nitrogens with zero attached hydrogens (tertiary/aromatic N) is 1. The molecule has 0 aromatic rings. The van der Waals surface area contributed by atoms with Gasteiger partial charge in [-0.1, -0.05) is 19.7 Å². The van der Waals surface area contributed by atoms with Crippen LogP contribution < -0.4 is 0 Å². The van der Waals surface area contributed by atoms with E-state index in [1.165, 1.54) is 0 Å². The lowest BCUT2D eigenvalue weighted by molar-refractivity contribution is -0.198. The summed E-state index contributed by atoms with van der Waals surface area (Å²) in [4.78, 5) is 74.2. The van der Waals surface area contributed by atoms with E-state index in [0.29, 0.717) is 24.3 Å². The number of carbonyl (C=O) groups excluding carboxylic acids is 6. The van der Waals surface area contributed by atoms with Gasteiger partial charge in [-0.25, -0.2) is 19.2 Å². The van der Waals surface area contributed by atoms with E-state index in [-0.39, 0.29) is 91.9 Å². The predicted molar refractivity (Wildman–Crippen MR) is 155 cm³/mol. The second-order valence-corrected chi connectivity index (χ2v) is 9.68. The summed E-state index contributed by atoms with van der Waals surface area (Å²) in [6.45, 7) is 11.2. The number of amides is 2. The lowest BCUT2D eigenvalue weighted by atomic mass is 9.92. The minimum Gasteiger partial charge on any atom is -0.462 e. The predicted octanol–water partition coefficient (Wildman–Crippen LogP) is 1.39. The van der Waals surface area contributed by atoms with Crippen LogP contribution in [-0.4, -0.2) is 113 Å². The van der Waals surface area contributed by atoms with Crippen LogP contribution in [0.1, 0.15) is 38.5 Å². The van der Waals surface area contributed by atoms with Gasteiger partial charge >= 0.3 is 23.9 Å². The molecule has 15 heteroatoms. The van der Waals surface area contributed by atoms with Gasteiger partial charge in [-0.3, -0.25) is 9.59 Å². The lowest BCUT2D eigenvalue weighted by Gasteiger charge is -2.33. The number of hydrogen-bond acceptors (Lipinski definition) is 14. The first-order valence-corrected chi connectivity index (χ1v) is 14.4. The number of carbonyl (C=O) groups is 6. The van der Waals surface area contributed by atoms with Gasteiger partial charge in [0, 0.05) is 70.2 Å². The Hall–Kier alpha value is -3.92. The maximum absolute atomic E-state index is 12.2. The van der Waals surface area contributed by atoms with E-state index in [1.807, 2.05) is 0 Å². The molecule has 1 fully saturated rings. The molecule has 0 saturated carbocycles. The summed E-state index contributed by atoms with van der Waals surface area (Å²) in [5.74, 6) is -3.63. The van der Waals surface area contributed by atoms with E-state index in [2.05, 4.69) is 19.7 Å². The van der Waals surface area contributed by atoms with E-state index in [1.54, 1.807) is 0 Å². The fourth-order valence-electron chi connectivity index (χ4n) is 3.54. The van der Waals surface area contributed by atoms with Crippen molar-refractivity contribution in [2.75, 3.05) is 72.7 Å². The van der Waals surface area contributed by atoms with E-state index in [4.69, 9.17) is 38.0 Å². The van der Waals surface area contributed by atoms with Crippen molar-refractivity contribution in [3.8, 4) is 0 Å². The van der Waals surface area contributed by atoms with Crippen molar-refractivity contribution in [3.63, 3.8) is 0 Å². The van der Waals surface area contributed by atoms with Gasteiger partial charge in [-0.05, 0) is 0 Å². The fraction of sp³-hybridized carbons (Fsp3) is 0.600. The molecule has 0 spiro atoms. The lowest BCUT2D eigenvalue weighted by Crippen LogP contribution is -2.42. The van der Waals surface area contributed by atoms with Crippen molar-refractivity contribution in [2.24, 2.45) is 5.41 Å². The zero-order valence-electron chi connectivity index (χ0n) is 25.5. The highest BCUT2D eigenvalue weighted by Gasteiger charge is 2.34. The Bertz CT molecular complexity index is 916. The second kappa shape index (κ2) is 23.5. The van der Waals surface area contributed by atoms with Crippen LogP contribution in [0.4, 0.5) is 0 Å². The molecule has 15 nitrogen and oxygen atoms in total. The van der Waals surface area contributed by atoms with Gasteiger partial charge in [0.2, 0.25) is 0 Å². The summed E-state index contributed by atoms with van der Waals surface area (Å²) in [6.07, 6.45) is 4.11. The summed E-state index contributed by atoms with van der Waals surface area (Å²) >= 11 is 0. The van der Waals surface area contributed by atoms with Crippen LogP contribution >= 0.6 is 0 Å². The van der Waals surface area contributed by atoms with Gasteiger partial charge in [0.25, 0.3) is 11.8 Å². The molecule has 1 heterocycles. The van der Waals surface area contributed by atoms with E-state index < -0.39 is 41.1 Å². The third-order valence-corrected chi connectivity index (χ3v) is 5.81. The Labute approximate surface area is 262 Å². The van der Waals surface area contributed by atoms with Crippen LogP contribution in [-0.2, 0) is 66.8 Å². The molecule has 0 aliphatic carbocycles. The minimum absolute atomic E-state index is 0.00417. The first-order chi connectivity index (χ1) is 21.7. The van der Waals surface area contributed by atoms with Crippen LogP contribution in [0, 0.1) is 5.41 Å².